The van der Waals surface area contributed by atoms with Crippen molar-refractivity contribution in [1.29, 1.82) is 0 Å². The van der Waals surface area contributed by atoms with Gasteiger partial charge in [0.15, 0.2) is 0 Å². The Hall–Kier alpha value is -1.39. The first-order chi connectivity index (χ1) is 8.74. The van der Waals surface area contributed by atoms with Crippen LogP contribution in [0.1, 0.15) is 6.92 Å². The zero-order valence-corrected chi connectivity index (χ0v) is 11.1. The molecule has 1 saturated heterocycles. The molecule has 2 aromatic rings. The lowest BCUT2D eigenvalue weighted by Crippen LogP contribution is -2.48. The molecular weight excluding hydrogens is 244 g/mol. The van der Waals surface area contributed by atoms with Crippen LogP contribution >= 0.6 is 11.3 Å². The molecule has 94 valence electrons. The van der Waals surface area contributed by atoms with E-state index in [1.807, 2.05) is 19.1 Å². The second-order valence-electron chi connectivity index (χ2n) is 4.87. The van der Waals surface area contributed by atoms with Crippen LogP contribution in [0.3, 0.4) is 0 Å². The van der Waals surface area contributed by atoms with Crippen molar-refractivity contribution in [3.8, 4) is 0 Å². The van der Waals surface area contributed by atoms with Crippen LogP contribution in [-0.4, -0.2) is 19.0 Å². The molecule has 0 bridgehead atoms. The van der Waals surface area contributed by atoms with Gasteiger partial charge in [-0.05, 0) is 54.0 Å². The first kappa shape index (κ1) is 11.7. The number of rotatable bonds is 3. The topological polar surface area (TPSA) is 41.1 Å². The molecule has 1 aliphatic heterocycles. The molecule has 2 N–H and O–H groups in total. The lowest BCUT2D eigenvalue weighted by molar-refractivity contribution is -0.121. The maximum atomic E-state index is 12.1. The monoisotopic (exact) mass is 260 g/mol. The number of benzene rings is 1. The van der Waals surface area contributed by atoms with Gasteiger partial charge in [0.1, 0.15) is 0 Å². The highest BCUT2D eigenvalue weighted by molar-refractivity contribution is 7.17. The molecule has 1 aromatic heterocycles. The van der Waals surface area contributed by atoms with E-state index in [2.05, 4.69) is 28.1 Å². The summed E-state index contributed by atoms with van der Waals surface area (Å²) in [7, 11) is 0. The van der Waals surface area contributed by atoms with Crippen molar-refractivity contribution in [2.24, 2.45) is 11.8 Å². The summed E-state index contributed by atoms with van der Waals surface area (Å²) in [6.45, 7) is 3.92. The molecule has 18 heavy (non-hydrogen) atoms. The minimum Gasteiger partial charge on any atom is -0.326 e. The lowest BCUT2D eigenvalue weighted by atomic mass is 9.88. The van der Waals surface area contributed by atoms with Crippen LogP contribution in [0.4, 0.5) is 5.69 Å². The van der Waals surface area contributed by atoms with Crippen molar-refractivity contribution >= 4 is 33.0 Å². The van der Waals surface area contributed by atoms with Gasteiger partial charge in [0, 0.05) is 16.3 Å². The molecule has 0 spiro atoms. The Morgan fingerprint density at radius 1 is 1.44 bits per heavy atom. The van der Waals surface area contributed by atoms with Crippen LogP contribution in [0.25, 0.3) is 10.1 Å². The Kier molecular flexibility index (Phi) is 3.06. The Balaban J connectivity index is 1.72. The number of anilines is 1. The lowest BCUT2D eigenvalue weighted by Gasteiger charge is -2.31. The van der Waals surface area contributed by atoms with Crippen molar-refractivity contribution in [1.82, 2.24) is 5.32 Å². The standard InChI is InChI=1S/C14H16N2OS/c1-9(11-7-15-8-11)14(17)16-12-2-3-13-10(6-12)4-5-18-13/h2-6,9,11,15H,7-8H2,1H3,(H,16,17). The quantitative estimate of drug-likeness (QED) is 0.891. The summed E-state index contributed by atoms with van der Waals surface area (Å²) >= 11 is 1.72. The molecule has 1 amide bonds. The van der Waals surface area contributed by atoms with Gasteiger partial charge in [-0.3, -0.25) is 4.79 Å². The van der Waals surface area contributed by atoms with Gasteiger partial charge < -0.3 is 10.6 Å². The molecule has 0 saturated carbocycles. The molecule has 1 fully saturated rings. The third-order valence-corrected chi connectivity index (χ3v) is 4.55. The van der Waals surface area contributed by atoms with Gasteiger partial charge >= 0.3 is 0 Å². The van der Waals surface area contributed by atoms with Crippen molar-refractivity contribution in [3.05, 3.63) is 29.6 Å². The molecule has 1 atom stereocenters. The van der Waals surface area contributed by atoms with E-state index in [4.69, 9.17) is 0 Å². The summed E-state index contributed by atoms with van der Waals surface area (Å²) in [5, 5.41) is 9.47. The van der Waals surface area contributed by atoms with Crippen molar-refractivity contribution < 1.29 is 4.79 Å². The minimum absolute atomic E-state index is 0.0735. The summed E-state index contributed by atoms with van der Waals surface area (Å²) in [5.74, 6) is 0.676. The number of hydrogen-bond acceptors (Lipinski definition) is 3. The number of nitrogens with one attached hydrogen (secondary N) is 2. The van der Waals surface area contributed by atoms with E-state index in [0.717, 1.165) is 18.8 Å². The van der Waals surface area contributed by atoms with Gasteiger partial charge in [0.25, 0.3) is 0 Å². The fourth-order valence-electron chi connectivity index (χ4n) is 2.18. The van der Waals surface area contributed by atoms with Crippen LogP contribution in [0, 0.1) is 11.8 Å². The summed E-state index contributed by atoms with van der Waals surface area (Å²) in [4.78, 5) is 12.1. The van der Waals surface area contributed by atoms with Crippen LogP contribution in [-0.2, 0) is 4.79 Å². The fraction of sp³-hybridized carbons (Fsp3) is 0.357. The predicted octanol–water partition coefficient (Wildman–Crippen LogP) is 2.70. The number of thiophene rings is 1. The molecule has 1 aliphatic rings. The van der Waals surface area contributed by atoms with Crippen LogP contribution in [0.15, 0.2) is 29.6 Å². The maximum Gasteiger partial charge on any atom is 0.227 e. The fourth-order valence-corrected chi connectivity index (χ4v) is 2.95. The molecule has 3 rings (SSSR count). The van der Waals surface area contributed by atoms with Gasteiger partial charge in [-0.2, -0.15) is 0 Å². The van der Waals surface area contributed by atoms with Gasteiger partial charge in [0.2, 0.25) is 5.91 Å². The molecule has 1 aromatic carbocycles. The van der Waals surface area contributed by atoms with E-state index in [1.54, 1.807) is 11.3 Å². The SMILES string of the molecule is CC(C(=O)Nc1ccc2sccc2c1)C1CNC1. The van der Waals surface area contributed by atoms with Gasteiger partial charge in [-0.25, -0.2) is 0 Å². The maximum absolute atomic E-state index is 12.1. The highest BCUT2D eigenvalue weighted by Crippen LogP contribution is 2.25. The van der Waals surface area contributed by atoms with E-state index in [1.165, 1.54) is 10.1 Å². The minimum atomic E-state index is 0.0735. The first-order valence-electron chi connectivity index (χ1n) is 6.23. The van der Waals surface area contributed by atoms with Gasteiger partial charge in [0.05, 0.1) is 0 Å². The average Bonchev–Trinajstić information content (AvgIpc) is 2.73. The average molecular weight is 260 g/mol. The summed E-state index contributed by atoms with van der Waals surface area (Å²) in [5.41, 5.74) is 0.894. The van der Waals surface area contributed by atoms with E-state index < -0.39 is 0 Å². The highest BCUT2D eigenvalue weighted by Gasteiger charge is 2.28. The van der Waals surface area contributed by atoms with E-state index >= 15 is 0 Å². The second-order valence-corrected chi connectivity index (χ2v) is 5.82. The van der Waals surface area contributed by atoms with E-state index in [0.29, 0.717) is 5.92 Å². The van der Waals surface area contributed by atoms with Crippen LogP contribution in [0.5, 0.6) is 0 Å². The third kappa shape index (κ3) is 2.13. The number of amides is 1. The van der Waals surface area contributed by atoms with Crippen LogP contribution < -0.4 is 10.6 Å². The highest BCUT2D eigenvalue weighted by atomic mass is 32.1. The van der Waals surface area contributed by atoms with Crippen LogP contribution in [0.2, 0.25) is 0 Å². The second kappa shape index (κ2) is 4.71. The van der Waals surface area contributed by atoms with Crippen molar-refractivity contribution in [3.63, 3.8) is 0 Å². The normalized spacial score (nSPS) is 17.4. The molecule has 0 aliphatic carbocycles. The van der Waals surface area contributed by atoms with E-state index in [-0.39, 0.29) is 11.8 Å². The number of carbonyl (C=O) groups is 1. The summed E-state index contributed by atoms with van der Waals surface area (Å²) in [6.07, 6.45) is 0. The zero-order chi connectivity index (χ0) is 12.5. The van der Waals surface area contributed by atoms with Gasteiger partial charge in [-0.1, -0.05) is 6.92 Å². The number of hydrogen-bond donors (Lipinski definition) is 2. The summed E-state index contributed by atoms with van der Waals surface area (Å²) in [6, 6.07) is 8.15. The smallest absolute Gasteiger partial charge is 0.227 e. The van der Waals surface area contributed by atoms with Crippen molar-refractivity contribution in [2.45, 2.75) is 6.92 Å². The molecule has 4 heteroatoms. The third-order valence-electron chi connectivity index (χ3n) is 3.65. The Labute approximate surface area is 110 Å². The van der Waals surface area contributed by atoms with Crippen molar-refractivity contribution in [2.75, 3.05) is 18.4 Å². The Morgan fingerprint density at radius 2 is 2.28 bits per heavy atom. The number of fused-ring (bicyclic) bond motifs is 1. The van der Waals surface area contributed by atoms with Gasteiger partial charge in [-0.15, -0.1) is 11.3 Å². The largest absolute Gasteiger partial charge is 0.326 e. The molecular formula is C14H16N2OS. The first-order valence-corrected chi connectivity index (χ1v) is 7.11. The molecule has 0 radical (unpaired) electrons. The van der Waals surface area contributed by atoms with E-state index in [9.17, 15) is 4.79 Å². The molecule has 1 unspecified atom stereocenters. The molecule has 2 heterocycles. The predicted molar refractivity (Wildman–Crippen MR) is 76.0 cm³/mol. The number of carbonyl (C=O) groups excluding carboxylic acids is 1. The molecule has 3 nitrogen and oxygen atoms in total. The summed E-state index contributed by atoms with van der Waals surface area (Å²) < 4.78 is 1.25. The Bertz CT molecular complexity index is 574. The Morgan fingerprint density at radius 3 is 3.00 bits per heavy atom. The zero-order valence-electron chi connectivity index (χ0n) is 10.3.